The summed E-state index contributed by atoms with van der Waals surface area (Å²) in [7, 11) is 0. The number of hydrogen-bond donors (Lipinski definition) is 3. The van der Waals surface area contributed by atoms with Gasteiger partial charge in [0.1, 0.15) is 5.82 Å². The number of hydrogen-bond acceptors (Lipinski definition) is 3. The molecule has 3 N–H and O–H groups in total. The minimum absolute atomic E-state index is 0.189. The molecular weight excluding hydrogens is 209 g/mol. The lowest BCUT2D eigenvalue weighted by Crippen LogP contribution is -2.51. The topological polar surface area (TPSA) is 53.2 Å². The number of rotatable bonds is 2. The van der Waals surface area contributed by atoms with Gasteiger partial charge in [0.2, 0.25) is 0 Å². The summed E-state index contributed by atoms with van der Waals surface area (Å²) in [6.07, 6.45) is 0. The molecule has 0 atom stereocenters. The molecule has 2 aliphatic heterocycles. The van der Waals surface area contributed by atoms with Gasteiger partial charge in [-0.1, -0.05) is 0 Å². The Morgan fingerprint density at radius 2 is 2.19 bits per heavy atom. The van der Waals surface area contributed by atoms with Crippen molar-refractivity contribution in [2.24, 2.45) is 0 Å². The van der Waals surface area contributed by atoms with Crippen molar-refractivity contribution in [1.82, 2.24) is 10.6 Å². The van der Waals surface area contributed by atoms with Crippen LogP contribution < -0.4 is 16.0 Å². The zero-order valence-corrected chi connectivity index (χ0v) is 8.64. The highest BCUT2D eigenvalue weighted by Crippen LogP contribution is 2.24. The van der Waals surface area contributed by atoms with Crippen LogP contribution in [-0.2, 0) is 6.54 Å². The van der Waals surface area contributed by atoms with Crippen molar-refractivity contribution in [3.05, 3.63) is 29.1 Å². The second kappa shape index (κ2) is 3.45. The standard InChI is InChI=1S/C11H12FN3O/c12-9-2-8-6(3-14-11(8)16)1-10(9)15-7-4-13-5-7/h1-2,7,13,15H,3-5H2,(H,14,16). The third-order valence-corrected chi connectivity index (χ3v) is 3.02. The molecule has 0 unspecified atom stereocenters. The van der Waals surface area contributed by atoms with Crippen molar-refractivity contribution in [2.75, 3.05) is 18.4 Å². The quantitative estimate of drug-likeness (QED) is 0.679. The zero-order valence-electron chi connectivity index (χ0n) is 8.64. The van der Waals surface area contributed by atoms with E-state index in [2.05, 4.69) is 16.0 Å². The van der Waals surface area contributed by atoms with E-state index in [1.807, 2.05) is 0 Å². The van der Waals surface area contributed by atoms with Gasteiger partial charge < -0.3 is 16.0 Å². The molecule has 0 aliphatic carbocycles. The van der Waals surface area contributed by atoms with Crippen LogP contribution in [0.3, 0.4) is 0 Å². The smallest absolute Gasteiger partial charge is 0.252 e. The van der Waals surface area contributed by atoms with Gasteiger partial charge in [0.15, 0.2) is 0 Å². The Bertz CT molecular complexity index is 457. The normalized spacial score (nSPS) is 18.9. The Morgan fingerprint density at radius 1 is 1.38 bits per heavy atom. The molecule has 2 heterocycles. The van der Waals surface area contributed by atoms with Crippen LogP contribution in [0.25, 0.3) is 0 Å². The van der Waals surface area contributed by atoms with Crippen molar-refractivity contribution in [3.8, 4) is 0 Å². The van der Waals surface area contributed by atoms with Crippen LogP contribution in [0.1, 0.15) is 15.9 Å². The maximum Gasteiger partial charge on any atom is 0.252 e. The van der Waals surface area contributed by atoms with Crippen molar-refractivity contribution in [3.63, 3.8) is 0 Å². The van der Waals surface area contributed by atoms with E-state index in [4.69, 9.17) is 0 Å². The van der Waals surface area contributed by atoms with Gasteiger partial charge in [-0.3, -0.25) is 4.79 Å². The van der Waals surface area contributed by atoms with Crippen molar-refractivity contribution < 1.29 is 9.18 Å². The molecule has 1 fully saturated rings. The molecule has 84 valence electrons. The van der Waals surface area contributed by atoms with E-state index >= 15 is 0 Å². The van der Waals surface area contributed by atoms with E-state index < -0.39 is 0 Å². The Labute approximate surface area is 92.2 Å². The van der Waals surface area contributed by atoms with E-state index in [0.717, 1.165) is 18.7 Å². The lowest BCUT2D eigenvalue weighted by Gasteiger charge is -2.29. The fourth-order valence-electron chi connectivity index (χ4n) is 1.97. The fraction of sp³-hybridized carbons (Fsp3) is 0.364. The fourth-order valence-corrected chi connectivity index (χ4v) is 1.97. The van der Waals surface area contributed by atoms with Crippen LogP contribution in [0.15, 0.2) is 12.1 Å². The van der Waals surface area contributed by atoms with Crippen molar-refractivity contribution in [2.45, 2.75) is 12.6 Å². The molecule has 3 rings (SSSR count). The van der Waals surface area contributed by atoms with Crippen LogP contribution in [0.5, 0.6) is 0 Å². The molecule has 4 nitrogen and oxygen atoms in total. The first-order chi connectivity index (χ1) is 7.74. The summed E-state index contributed by atoms with van der Waals surface area (Å²) < 4.78 is 13.7. The second-order valence-electron chi connectivity index (χ2n) is 4.17. The van der Waals surface area contributed by atoms with E-state index in [-0.39, 0.29) is 17.8 Å². The number of carbonyl (C=O) groups is 1. The minimum Gasteiger partial charge on any atom is -0.377 e. The Hall–Kier alpha value is -1.62. The van der Waals surface area contributed by atoms with Crippen molar-refractivity contribution >= 4 is 11.6 Å². The predicted molar refractivity (Wildman–Crippen MR) is 57.9 cm³/mol. The molecule has 0 aromatic heterocycles. The summed E-state index contributed by atoms with van der Waals surface area (Å²) in [5, 5.41) is 8.90. The van der Waals surface area contributed by atoms with E-state index in [1.165, 1.54) is 6.07 Å². The number of carbonyl (C=O) groups excluding carboxylic acids is 1. The number of anilines is 1. The first kappa shape index (κ1) is 9.59. The summed E-state index contributed by atoms with van der Waals surface area (Å²) in [4.78, 5) is 11.3. The SMILES string of the molecule is O=C1NCc2cc(NC3CNC3)c(F)cc21. The van der Waals surface area contributed by atoms with Crippen LogP contribution in [0.4, 0.5) is 10.1 Å². The first-order valence-electron chi connectivity index (χ1n) is 5.32. The molecule has 0 saturated carbocycles. The molecule has 5 heteroatoms. The number of fused-ring (bicyclic) bond motifs is 1. The van der Waals surface area contributed by atoms with Crippen LogP contribution in [-0.4, -0.2) is 25.0 Å². The van der Waals surface area contributed by atoms with Gasteiger partial charge in [-0.2, -0.15) is 0 Å². The molecule has 1 aromatic rings. The van der Waals surface area contributed by atoms with Crippen LogP contribution in [0, 0.1) is 5.82 Å². The molecule has 2 aliphatic rings. The van der Waals surface area contributed by atoms with Crippen LogP contribution in [0.2, 0.25) is 0 Å². The number of halogens is 1. The average Bonchev–Trinajstić information content (AvgIpc) is 2.54. The first-order valence-corrected chi connectivity index (χ1v) is 5.32. The van der Waals surface area contributed by atoms with Gasteiger partial charge in [0, 0.05) is 25.2 Å². The van der Waals surface area contributed by atoms with E-state index in [1.54, 1.807) is 6.07 Å². The third-order valence-electron chi connectivity index (χ3n) is 3.02. The molecular formula is C11H12FN3O. The minimum atomic E-state index is -0.359. The highest BCUT2D eigenvalue weighted by molar-refractivity contribution is 5.98. The number of nitrogens with one attached hydrogen (secondary N) is 3. The summed E-state index contributed by atoms with van der Waals surface area (Å²) in [5.41, 5.74) is 1.80. The number of benzene rings is 1. The average molecular weight is 221 g/mol. The summed E-state index contributed by atoms with van der Waals surface area (Å²) in [6, 6.07) is 3.32. The summed E-state index contributed by atoms with van der Waals surface area (Å²) in [5.74, 6) is -0.548. The van der Waals surface area contributed by atoms with Gasteiger partial charge in [0.05, 0.1) is 11.7 Å². The molecule has 16 heavy (non-hydrogen) atoms. The Kier molecular flexibility index (Phi) is 2.07. The summed E-state index contributed by atoms with van der Waals surface area (Å²) >= 11 is 0. The lowest BCUT2D eigenvalue weighted by molar-refractivity contribution is 0.0965. The molecule has 1 saturated heterocycles. The van der Waals surface area contributed by atoms with Gasteiger partial charge in [0.25, 0.3) is 5.91 Å². The Morgan fingerprint density at radius 3 is 2.88 bits per heavy atom. The largest absolute Gasteiger partial charge is 0.377 e. The van der Waals surface area contributed by atoms with Gasteiger partial charge >= 0.3 is 0 Å². The van der Waals surface area contributed by atoms with Crippen LogP contribution >= 0.6 is 0 Å². The molecule has 1 aromatic carbocycles. The monoisotopic (exact) mass is 221 g/mol. The lowest BCUT2D eigenvalue weighted by atomic mass is 10.1. The highest BCUT2D eigenvalue weighted by atomic mass is 19.1. The summed E-state index contributed by atoms with van der Waals surface area (Å²) in [6.45, 7) is 2.20. The van der Waals surface area contributed by atoms with E-state index in [9.17, 15) is 9.18 Å². The predicted octanol–water partition coefficient (Wildman–Crippen LogP) is 0.453. The zero-order chi connectivity index (χ0) is 11.1. The molecule has 1 amide bonds. The molecule has 0 spiro atoms. The van der Waals surface area contributed by atoms with Gasteiger partial charge in [-0.05, 0) is 17.7 Å². The van der Waals surface area contributed by atoms with E-state index in [0.29, 0.717) is 17.8 Å². The molecule has 0 radical (unpaired) electrons. The molecule has 0 bridgehead atoms. The second-order valence-corrected chi connectivity index (χ2v) is 4.17. The maximum absolute atomic E-state index is 13.7. The third kappa shape index (κ3) is 1.44. The maximum atomic E-state index is 13.7. The number of amides is 1. The van der Waals surface area contributed by atoms with Gasteiger partial charge in [-0.25, -0.2) is 4.39 Å². The van der Waals surface area contributed by atoms with Crippen molar-refractivity contribution in [1.29, 1.82) is 0 Å². The Balaban J connectivity index is 1.91. The highest BCUT2D eigenvalue weighted by Gasteiger charge is 2.23. The van der Waals surface area contributed by atoms with Gasteiger partial charge in [-0.15, -0.1) is 0 Å².